The van der Waals surface area contributed by atoms with Crippen LogP contribution in [0.2, 0.25) is 10.0 Å². The molecule has 1 heterocycles. The molecule has 186 valence electrons. The first-order valence-corrected chi connectivity index (χ1v) is 12.8. The van der Waals surface area contributed by atoms with Gasteiger partial charge in [0.1, 0.15) is 0 Å². The number of halogens is 2. The van der Waals surface area contributed by atoms with E-state index in [0.717, 1.165) is 37.1 Å². The van der Waals surface area contributed by atoms with Gasteiger partial charge in [-0.25, -0.2) is 0 Å². The fourth-order valence-electron chi connectivity index (χ4n) is 5.43. The summed E-state index contributed by atoms with van der Waals surface area (Å²) in [5.74, 6) is -0.548. The van der Waals surface area contributed by atoms with Crippen molar-refractivity contribution in [2.75, 3.05) is 19.0 Å². The molecular formula is C28H26Cl2N2O4. The highest BCUT2D eigenvalue weighted by atomic mass is 35.5. The van der Waals surface area contributed by atoms with E-state index in [-0.39, 0.29) is 39.9 Å². The summed E-state index contributed by atoms with van der Waals surface area (Å²) in [6, 6.07) is 12.5. The maximum Gasteiger partial charge on any atom is 0.262 e. The van der Waals surface area contributed by atoms with Crippen LogP contribution in [0.25, 0.3) is 0 Å². The summed E-state index contributed by atoms with van der Waals surface area (Å²) in [5.41, 5.74) is 4.64. The van der Waals surface area contributed by atoms with Crippen LogP contribution in [0.5, 0.6) is 5.75 Å². The van der Waals surface area contributed by atoms with E-state index in [1.807, 2.05) is 25.2 Å². The summed E-state index contributed by atoms with van der Waals surface area (Å²) in [6.07, 6.45) is 4.09. The molecule has 1 amide bonds. The zero-order valence-electron chi connectivity index (χ0n) is 19.9. The molecule has 2 aromatic rings. The Labute approximate surface area is 219 Å². The molecule has 0 saturated carbocycles. The van der Waals surface area contributed by atoms with Crippen LogP contribution >= 0.6 is 23.2 Å². The number of carbonyl (C=O) groups is 3. The maximum absolute atomic E-state index is 13.1. The number of hydrogen-bond acceptors (Lipinski definition) is 5. The Bertz CT molecular complexity index is 1250. The van der Waals surface area contributed by atoms with Crippen molar-refractivity contribution in [3.05, 3.63) is 80.6 Å². The number of ether oxygens (including phenoxy) is 1. The molecule has 0 fully saturated rings. The predicted molar refractivity (Wildman–Crippen MR) is 139 cm³/mol. The molecule has 2 aromatic carbocycles. The SMILES string of the molecule is CN1C2=C(C(=O)CCC2)C(c2cc(Cl)c(OCC(=O)Nc3ccccc3)c(Cl)c2)C2=C1CCCC2=O. The number of amides is 1. The van der Waals surface area contributed by atoms with Gasteiger partial charge < -0.3 is 15.0 Å². The lowest BCUT2D eigenvalue weighted by Crippen LogP contribution is -2.37. The Morgan fingerprint density at radius 2 is 1.50 bits per heavy atom. The predicted octanol–water partition coefficient (Wildman–Crippen LogP) is 6.05. The molecule has 5 rings (SSSR count). The highest BCUT2D eigenvalue weighted by Gasteiger charge is 2.42. The van der Waals surface area contributed by atoms with E-state index >= 15 is 0 Å². The molecule has 0 saturated heterocycles. The topological polar surface area (TPSA) is 75.7 Å². The number of benzene rings is 2. The molecule has 0 spiro atoms. The van der Waals surface area contributed by atoms with Crippen LogP contribution in [-0.4, -0.2) is 36.0 Å². The van der Waals surface area contributed by atoms with E-state index in [2.05, 4.69) is 10.2 Å². The van der Waals surface area contributed by atoms with E-state index in [1.54, 1.807) is 24.3 Å². The molecule has 0 unspecified atom stereocenters. The number of hydrogen-bond donors (Lipinski definition) is 1. The van der Waals surface area contributed by atoms with Gasteiger partial charge in [-0.3, -0.25) is 14.4 Å². The van der Waals surface area contributed by atoms with E-state index < -0.39 is 5.92 Å². The van der Waals surface area contributed by atoms with Gasteiger partial charge in [-0.2, -0.15) is 0 Å². The normalized spacial score (nSPS) is 18.2. The van der Waals surface area contributed by atoms with Gasteiger partial charge in [-0.05, 0) is 55.5 Å². The second kappa shape index (κ2) is 10.1. The van der Waals surface area contributed by atoms with E-state index in [0.29, 0.717) is 35.2 Å². The second-order valence-electron chi connectivity index (χ2n) is 9.28. The molecule has 3 aliphatic rings. The van der Waals surface area contributed by atoms with Gasteiger partial charge in [-0.1, -0.05) is 41.4 Å². The van der Waals surface area contributed by atoms with Crippen molar-refractivity contribution < 1.29 is 19.1 Å². The van der Waals surface area contributed by atoms with Crippen molar-refractivity contribution in [3.63, 3.8) is 0 Å². The van der Waals surface area contributed by atoms with Gasteiger partial charge in [0.2, 0.25) is 0 Å². The highest BCUT2D eigenvalue weighted by Crippen LogP contribution is 2.50. The average molecular weight is 525 g/mol. The number of anilines is 1. The summed E-state index contributed by atoms with van der Waals surface area (Å²) >= 11 is 13.2. The standard InChI is InChI=1S/C28H26Cl2N2O4/c1-32-20-9-5-11-22(33)26(20)25(27-21(32)10-6-12-23(27)34)16-13-18(29)28(19(30)14-16)36-15-24(35)31-17-7-3-2-4-8-17/h2-4,7-8,13-14,25H,5-6,9-12,15H2,1H3,(H,31,35). The molecule has 1 N–H and O–H groups in total. The Kier molecular flexibility index (Phi) is 6.91. The van der Waals surface area contributed by atoms with Gasteiger partial charge >= 0.3 is 0 Å². The molecule has 6 nitrogen and oxygen atoms in total. The van der Waals surface area contributed by atoms with Crippen LogP contribution in [0.1, 0.15) is 50.0 Å². The fraction of sp³-hybridized carbons (Fsp3) is 0.321. The number of allylic oxidation sites excluding steroid dienone is 4. The molecule has 0 bridgehead atoms. The Balaban J connectivity index is 1.46. The van der Waals surface area contributed by atoms with E-state index in [1.165, 1.54) is 0 Å². The van der Waals surface area contributed by atoms with Crippen LogP contribution in [0, 0.1) is 0 Å². The van der Waals surface area contributed by atoms with Gasteiger partial charge in [0, 0.05) is 54.0 Å². The highest BCUT2D eigenvalue weighted by molar-refractivity contribution is 6.37. The zero-order valence-corrected chi connectivity index (χ0v) is 21.4. The van der Waals surface area contributed by atoms with Gasteiger partial charge in [0.15, 0.2) is 23.9 Å². The first-order chi connectivity index (χ1) is 17.3. The maximum atomic E-state index is 13.1. The molecule has 2 aliphatic carbocycles. The fourth-order valence-corrected chi connectivity index (χ4v) is 6.04. The third-order valence-electron chi connectivity index (χ3n) is 7.00. The van der Waals surface area contributed by atoms with Crippen LogP contribution < -0.4 is 10.1 Å². The van der Waals surface area contributed by atoms with E-state index in [4.69, 9.17) is 27.9 Å². The smallest absolute Gasteiger partial charge is 0.262 e. The Morgan fingerprint density at radius 3 is 2.06 bits per heavy atom. The van der Waals surface area contributed by atoms with E-state index in [9.17, 15) is 14.4 Å². The number of rotatable bonds is 5. The first-order valence-electron chi connectivity index (χ1n) is 12.1. The summed E-state index contributed by atoms with van der Waals surface area (Å²) in [6.45, 7) is -0.274. The largest absolute Gasteiger partial charge is 0.481 e. The molecule has 8 heteroatoms. The quantitative estimate of drug-likeness (QED) is 0.514. The van der Waals surface area contributed by atoms with Crippen molar-refractivity contribution in [1.29, 1.82) is 0 Å². The monoisotopic (exact) mass is 524 g/mol. The third kappa shape index (κ3) is 4.56. The van der Waals surface area contributed by atoms with Crippen molar-refractivity contribution in [2.45, 2.75) is 44.4 Å². The Morgan fingerprint density at radius 1 is 0.944 bits per heavy atom. The zero-order chi connectivity index (χ0) is 25.4. The van der Waals surface area contributed by atoms with Crippen LogP contribution in [0.3, 0.4) is 0 Å². The summed E-state index contributed by atoms with van der Waals surface area (Å²) < 4.78 is 5.67. The van der Waals surface area contributed by atoms with Crippen LogP contribution in [0.15, 0.2) is 65.0 Å². The summed E-state index contributed by atoms with van der Waals surface area (Å²) in [4.78, 5) is 40.7. The van der Waals surface area contributed by atoms with Crippen LogP contribution in [0.4, 0.5) is 5.69 Å². The van der Waals surface area contributed by atoms with Crippen LogP contribution in [-0.2, 0) is 14.4 Å². The molecule has 36 heavy (non-hydrogen) atoms. The van der Waals surface area contributed by atoms with Crippen molar-refractivity contribution in [1.82, 2.24) is 4.90 Å². The number of nitrogens with zero attached hydrogens (tertiary/aromatic N) is 1. The number of carbonyl (C=O) groups excluding carboxylic acids is 3. The number of Topliss-reactive ketones (excluding diaryl/α,β-unsaturated/α-hetero) is 2. The number of nitrogens with one attached hydrogen (secondary N) is 1. The molecule has 1 aliphatic heterocycles. The Hall–Kier alpha value is -3.09. The number of para-hydroxylation sites is 1. The van der Waals surface area contributed by atoms with Gasteiger partial charge in [0.05, 0.1) is 10.0 Å². The lowest BCUT2D eigenvalue weighted by Gasteiger charge is -2.42. The third-order valence-corrected chi connectivity index (χ3v) is 7.57. The summed E-state index contributed by atoms with van der Waals surface area (Å²) in [7, 11) is 1.95. The second-order valence-corrected chi connectivity index (χ2v) is 10.1. The lowest BCUT2D eigenvalue weighted by molar-refractivity contribution is -0.118. The van der Waals surface area contributed by atoms with Crippen molar-refractivity contribution in [2.24, 2.45) is 0 Å². The van der Waals surface area contributed by atoms with Gasteiger partial charge in [-0.15, -0.1) is 0 Å². The van der Waals surface area contributed by atoms with Crippen molar-refractivity contribution >= 4 is 46.4 Å². The van der Waals surface area contributed by atoms with Gasteiger partial charge in [0.25, 0.3) is 5.91 Å². The minimum atomic E-state index is -0.503. The molecule has 0 atom stereocenters. The molecular weight excluding hydrogens is 499 g/mol. The average Bonchev–Trinajstić information content (AvgIpc) is 2.85. The molecule has 0 radical (unpaired) electrons. The number of ketones is 2. The minimum Gasteiger partial charge on any atom is -0.481 e. The summed E-state index contributed by atoms with van der Waals surface area (Å²) in [5, 5.41) is 3.19. The molecule has 0 aromatic heterocycles. The minimum absolute atomic E-state index is 0.0585. The lowest BCUT2D eigenvalue weighted by atomic mass is 9.71. The first kappa shape index (κ1) is 24.6. The van der Waals surface area contributed by atoms with Crippen molar-refractivity contribution in [3.8, 4) is 5.75 Å².